The van der Waals surface area contributed by atoms with Crippen molar-refractivity contribution >= 4 is 16.8 Å². The highest BCUT2D eigenvalue weighted by Crippen LogP contribution is 2.39. The smallest absolute Gasteiger partial charge is 0.230 e. The van der Waals surface area contributed by atoms with Gasteiger partial charge in [0.15, 0.2) is 0 Å². The lowest BCUT2D eigenvalue weighted by Gasteiger charge is -2.09. The second-order valence-corrected chi connectivity index (χ2v) is 4.14. The summed E-state index contributed by atoms with van der Waals surface area (Å²) in [5, 5.41) is 4.75. The van der Waals surface area contributed by atoms with E-state index in [-0.39, 0.29) is 0 Å². The molecule has 0 fully saturated rings. The largest absolute Gasteiger partial charge is 0.495 e. The van der Waals surface area contributed by atoms with Crippen molar-refractivity contribution in [2.45, 2.75) is 6.92 Å². The van der Waals surface area contributed by atoms with Gasteiger partial charge in [-0.05, 0) is 24.6 Å². The van der Waals surface area contributed by atoms with E-state index in [1.54, 1.807) is 13.3 Å². The molecule has 92 valence electrons. The first kappa shape index (κ1) is 10.7. The molecular formula is C13H13N3O2. The SMILES string of the molecule is COc1c(-c2cnoc2N)ccc2[nH]cc(C)c12. The minimum atomic E-state index is 0.292. The maximum Gasteiger partial charge on any atom is 0.230 e. The molecule has 0 aliphatic carbocycles. The number of nitrogens with two attached hydrogens (primary N) is 1. The fourth-order valence-corrected chi connectivity index (χ4v) is 2.23. The topological polar surface area (TPSA) is 77.1 Å². The summed E-state index contributed by atoms with van der Waals surface area (Å²) in [5.41, 5.74) is 9.54. The number of fused-ring (bicyclic) bond motifs is 1. The summed E-state index contributed by atoms with van der Waals surface area (Å²) >= 11 is 0. The van der Waals surface area contributed by atoms with Gasteiger partial charge < -0.3 is 20.0 Å². The first-order valence-corrected chi connectivity index (χ1v) is 5.57. The van der Waals surface area contributed by atoms with Crippen LogP contribution < -0.4 is 10.5 Å². The lowest BCUT2D eigenvalue weighted by molar-refractivity contribution is 0.421. The fourth-order valence-electron chi connectivity index (χ4n) is 2.23. The van der Waals surface area contributed by atoms with E-state index < -0.39 is 0 Å². The molecule has 18 heavy (non-hydrogen) atoms. The highest BCUT2D eigenvalue weighted by atomic mass is 16.5. The molecule has 0 bridgehead atoms. The average molecular weight is 243 g/mol. The zero-order valence-electron chi connectivity index (χ0n) is 10.2. The van der Waals surface area contributed by atoms with Crippen LogP contribution in [0.3, 0.4) is 0 Å². The summed E-state index contributed by atoms with van der Waals surface area (Å²) in [6.45, 7) is 2.03. The number of nitrogens with zero attached hydrogens (tertiary/aromatic N) is 1. The van der Waals surface area contributed by atoms with Gasteiger partial charge in [-0.25, -0.2) is 0 Å². The van der Waals surface area contributed by atoms with Gasteiger partial charge in [0.2, 0.25) is 5.88 Å². The predicted octanol–water partition coefficient (Wildman–Crippen LogP) is 2.72. The van der Waals surface area contributed by atoms with Gasteiger partial charge in [-0.1, -0.05) is 5.16 Å². The van der Waals surface area contributed by atoms with Crippen molar-refractivity contribution in [1.82, 2.24) is 10.1 Å². The fraction of sp³-hybridized carbons (Fsp3) is 0.154. The van der Waals surface area contributed by atoms with Gasteiger partial charge in [-0.2, -0.15) is 0 Å². The molecular weight excluding hydrogens is 230 g/mol. The van der Waals surface area contributed by atoms with E-state index in [9.17, 15) is 0 Å². The molecule has 3 aromatic rings. The number of nitrogens with one attached hydrogen (secondary N) is 1. The number of aromatic nitrogens is 2. The minimum absolute atomic E-state index is 0.292. The summed E-state index contributed by atoms with van der Waals surface area (Å²) in [6.07, 6.45) is 3.55. The van der Waals surface area contributed by atoms with E-state index in [0.717, 1.165) is 33.3 Å². The van der Waals surface area contributed by atoms with Crippen molar-refractivity contribution in [2.24, 2.45) is 0 Å². The quantitative estimate of drug-likeness (QED) is 0.725. The summed E-state index contributed by atoms with van der Waals surface area (Å²) in [4.78, 5) is 3.20. The molecule has 0 unspecified atom stereocenters. The van der Waals surface area contributed by atoms with Gasteiger partial charge in [0.05, 0.1) is 18.9 Å². The molecule has 5 nitrogen and oxygen atoms in total. The number of H-pyrrole nitrogens is 1. The number of methoxy groups -OCH3 is 1. The highest BCUT2D eigenvalue weighted by Gasteiger charge is 2.16. The van der Waals surface area contributed by atoms with Crippen molar-refractivity contribution in [3.05, 3.63) is 30.1 Å². The van der Waals surface area contributed by atoms with Crippen LogP contribution in [0.5, 0.6) is 5.75 Å². The molecule has 0 saturated carbocycles. The Balaban J connectivity index is 2.36. The molecule has 0 aliphatic rings. The van der Waals surface area contributed by atoms with Crippen molar-refractivity contribution < 1.29 is 9.26 Å². The second-order valence-electron chi connectivity index (χ2n) is 4.14. The first-order valence-electron chi connectivity index (χ1n) is 5.57. The van der Waals surface area contributed by atoms with Crippen LogP contribution in [-0.4, -0.2) is 17.3 Å². The zero-order chi connectivity index (χ0) is 12.7. The van der Waals surface area contributed by atoms with Crippen molar-refractivity contribution in [1.29, 1.82) is 0 Å². The molecule has 0 aliphatic heterocycles. The summed E-state index contributed by atoms with van der Waals surface area (Å²) in [7, 11) is 1.65. The molecule has 5 heteroatoms. The molecule has 0 spiro atoms. The van der Waals surface area contributed by atoms with Crippen LogP contribution in [0.25, 0.3) is 22.0 Å². The molecule has 2 aromatic heterocycles. The summed E-state index contributed by atoms with van der Waals surface area (Å²) in [6, 6.07) is 3.94. The second kappa shape index (κ2) is 3.80. The Morgan fingerprint density at radius 1 is 1.33 bits per heavy atom. The number of nitrogen functional groups attached to an aromatic ring is 1. The number of anilines is 1. The number of ether oxygens (including phenoxy) is 1. The maximum atomic E-state index is 5.76. The molecule has 3 N–H and O–H groups in total. The Hall–Kier alpha value is -2.43. The number of aryl methyl sites for hydroxylation is 1. The van der Waals surface area contributed by atoms with Crippen molar-refractivity contribution in [3.63, 3.8) is 0 Å². The minimum Gasteiger partial charge on any atom is -0.495 e. The molecule has 0 amide bonds. The number of hydrogen-bond donors (Lipinski definition) is 2. The third kappa shape index (κ3) is 1.37. The Morgan fingerprint density at radius 2 is 2.17 bits per heavy atom. The lowest BCUT2D eigenvalue weighted by atomic mass is 10.0. The van der Waals surface area contributed by atoms with Crippen LogP contribution in [0.4, 0.5) is 5.88 Å². The normalized spacial score (nSPS) is 11.0. The molecule has 0 atom stereocenters. The Bertz CT molecular complexity index is 712. The Kier molecular flexibility index (Phi) is 2.26. The number of hydrogen-bond acceptors (Lipinski definition) is 4. The van der Waals surface area contributed by atoms with Crippen LogP contribution >= 0.6 is 0 Å². The van der Waals surface area contributed by atoms with E-state index in [1.807, 2.05) is 25.3 Å². The van der Waals surface area contributed by atoms with Crippen LogP contribution in [0.1, 0.15) is 5.56 Å². The highest BCUT2D eigenvalue weighted by molar-refractivity contribution is 5.96. The average Bonchev–Trinajstić information content (AvgIpc) is 2.95. The zero-order valence-corrected chi connectivity index (χ0v) is 10.2. The number of benzene rings is 1. The van der Waals surface area contributed by atoms with Crippen LogP contribution in [-0.2, 0) is 0 Å². The standard InChI is InChI=1S/C13H13N3O2/c1-7-5-15-10-4-3-8(12(17-2)11(7)10)9-6-16-18-13(9)14/h3-6,15H,14H2,1-2H3. The molecule has 3 rings (SSSR count). The summed E-state index contributed by atoms with van der Waals surface area (Å²) < 4.78 is 10.4. The van der Waals surface area contributed by atoms with Gasteiger partial charge in [0.1, 0.15) is 5.75 Å². The maximum absolute atomic E-state index is 5.76. The molecule has 2 heterocycles. The summed E-state index contributed by atoms with van der Waals surface area (Å²) in [5.74, 6) is 1.07. The third-order valence-electron chi connectivity index (χ3n) is 3.09. The van der Waals surface area contributed by atoms with Crippen LogP contribution in [0.15, 0.2) is 29.0 Å². The number of rotatable bonds is 2. The molecule has 1 aromatic carbocycles. The van der Waals surface area contributed by atoms with Gasteiger partial charge in [0, 0.05) is 22.7 Å². The van der Waals surface area contributed by atoms with Crippen LogP contribution in [0, 0.1) is 6.92 Å². The van der Waals surface area contributed by atoms with E-state index in [1.165, 1.54) is 0 Å². The van der Waals surface area contributed by atoms with E-state index in [2.05, 4.69) is 10.1 Å². The van der Waals surface area contributed by atoms with Gasteiger partial charge >= 0.3 is 0 Å². The lowest BCUT2D eigenvalue weighted by Crippen LogP contribution is -1.91. The number of aromatic amines is 1. The van der Waals surface area contributed by atoms with Gasteiger partial charge in [0.25, 0.3) is 0 Å². The Morgan fingerprint density at radius 3 is 2.83 bits per heavy atom. The van der Waals surface area contributed by atoms with E-state index >= 15 is 0 Å². The monoisotopic (exact) mass is 243 g/mol. The Labute approximate surface area is 104 Å². The van der Waals surface area contributed by atoms with Gasteiger partial charge in [-0.3, -0.25) is 0 Å². The first-order chi connectivity index (χ1) is 8.72. The van der Waals surface area contributed by atoms with Crippen molar-refractivity contribution in [2.75, 3.05) is 12.8 Å². The third-order valence-corrected chi connectivity index (χ3v) is 3.09. The van der Waals surface area contributed by atoms with E-state index in [4.69, 9.17) is 15.0 Å². The predicted molar refractivity (Wildman–Crippen MR) is 69.5 cm³/mol. The molecule has 0 radical (unpaired) electrons. The van der Waals surface area contributed by atoms with Crippen LogP contribution in [0.2, 0.25) is 0 Å². The molecule has 0 saturated heterocycles. The van der Waals surface area contributed by atoms with Crippen molar-refractivity contribution in [3.8, 4) is 16.9 Å². The van der Waals surface area contributed by atoms with E-state index in [0.29, 0.717) is 5.88 Å². The van der Waals surface area contributed by atoms with Gasteiger partial charge in [-0.15, -0.1) is 0 Å².